The van der Waals surface area contributed by atoms with Crippen molar-refractivity contribution in [1.82, 2.24) is 5.32 Å². The fraction of sp³-hybridized carbons (Fsp3) is 0.800. The van der Waals surface area contributed by atoms with Gasteiger partial charge < -0.3 is 15.5 Å². The lowest BCUT2D eigenvalue weighted by molar-refractivity contribution is -0.654. The molecule has 0 aromatic carbocycles. The summed E-state index contributed by atoms with van der Waals surface area (Å²) in [6.45, 7) is 2.49. The summed E-state index contributed by atoms with van der Waals surface area (Å²) in [6, 6.07) is 0. The third kappa shape index (κ3) is 3.26. The molecule has 0 amide bonds. The van der Waals surface area contributed by atoms with E-state index >= 15 is 0 Å². The molecule has 0 spiro atoms. The lowest BCUT2D eigenvalue weighted by Crippen LogP contribution is -3.05. The monoisotopic (exact) mass is 228 g/mol. The smallest absolute Gasteiger partial charge is 0.333 e. The summed E-state index contributed by atoms with van der Waals surface area (Å²) in [5.74, 6) is 2.15. The number of β-amino-alcohol motifs (C(OH)–C–C–N with tert-alkyl or cyclic N) is 2. The minimum Gasteiger partial charge on any atom is -0.389 e. The number of hydrogen-bond acceptors (Lipinski definition) is 4. The van der Waals surface area contributed by atoms with Crippen molar-refractivity contribution in [3.05, 3.63) is 0 Å². The Morgan fingerprint density at radius 3 is 2.88 bits per heavy atom. The lowest BCUT2D eigenvalue weighted by Gasteiger charge is -2.18. The molecule has 0 bridgehead atoms. The normalized spacial score (nSPS) is 30.4. The van der Waals surface area contributed by atoms with E-state index in [1.54, 1.807) is 0 Å². The largest absolute Gasteiger partial charge is 0.389 e. The number of aliphatic imine (C=N–C) groups is 1. The minimum atomic E-state index is -0.342. The zero-order valence-corrected chi connectivity index (χ0v) is 9.32. The summed E-state index contributed by atoms with van der Waals surface area (Å²) in [6.07, 6.45) is 1.19. The molecule has 0 radical (unpaired) electrons. The maximum absolute atomic E-state index is 9.30. The molecule has 6 heteroatoms. The van der Waals surface area contributed by atoms with E-state index in [0.29, 0.717) is 19.6 Å². The van der Waals surface area contributed by atoms with Crippen LogP contribution in [0.1, 0.15) is 12.8 Å². The van der Waals surface area contributed by atoms with Gasteiger partial charge in [0, 0.05) is 13.0 Å². The Kier molecular flexibility index (Phi) is 3.87. The molecule has 0 aromatic rings. The number of nitrogens with one attached hydrogen (secondary N) is 2. The molecule has 2 atom stereocenters. The summed E-state index contributed by atoms with van der Waals surface area (Å²) in [4.78, 5) is 7.46. The van der Waals surface area contributed by atoms with E-state index in [1.165, 1.54) is 5.84 Å². The van der Waals surface area contributed by atoms with Crippen LogP contribution < -0.4 is 15.6 Å². The molecule has 0 aliphatic carbocycles. The first-order chi connectivity index (χ1) is 7.74. The number of amidine groups is 2. The number of nitrogens with zero attached hydrogens (tertiary/aromatic N) is 1. The third-order valence-corrected chi connectivity index (χ3v) is 2.87. The van der Waals surface area contributed by atoms with Crippen LogP contribution in [0.2, 0.25) is 0 Å². The minimum absolute atomic E-state index is 0.246. The summed E-state index contributed by atoms with van der Waals surface area (Å²) in [5, 5.41) is 23.7. The average molecular weight is 228 g/mol. The summed E-state index contributed by atoms with van der Waals surface area (Å²) in [5.41, 5.74) is 0. The molecule has 90 valence electrons. The maximum atomic E-state index is 9.30. The predicted molar refractivity (Wildman–Crippen MR) is 59.2 cm³/mol. The SMILES string of the molecule is OC1CN=C(CCC2=[NH+]CC(O)C[NH2+]2)NC1. The van der Waals surface area contributed by atoms with Crippen LogP contribution in [0.5, 0.6) is 0 Å². The van der Waals surface area contributed by atoms with Gasteiger partial charge in [0.05, 0.1) is 24.9 Å². The van der Waals surface area contributed by atoms with Crippen LogP contribution in [0.4, 0.5) is 0 Å². The van der Waals surface area contributed by atoms with E-state index in [9.17, 15) is 10.2 Å². The second-order valence-electron chi connectivity index (χ2n) is 4.32. The molecule has 2 heterocycles. The van der Waals surface area contributed by atoms with Gasteiger partial charge in [0.25, 0.3) is 0 Å². The highest BCUT2D eigenvalue weighted by molar-refractivity contribution is 5.85. The molecule has 2 rings (SSSR count). The summed E-state index contributed by atoms with van der Waals surface area (Å²) < 4.78 is 0. The number of rotatable bonds is 3. The number of aliphatic hydroxyl groups excluding tert-OH is 2. The zero-order valence-electron chi connectivity index (χ0n) is 9.32. The van der Waals surface area contributed by atoms with Gasteiger partial charge in [0.15, 0.2) is 12.6 Å². The fourth-order valence-electron chi connectivity index (χ4n) is 1.87. The standard InChI is InChI=1S/C10H18N4O2/c15-7-3-11-9(12-4-7)1-2-10-13-5-8(16)6-14-10/h7-8,15-16H,1-6H2,(H,11,12)(H,13,14)/p+2. The van der Waals surface area contributed by atoms with Gasteiger partial charge in [-0.3, -0.25) is 10.3 Å². The number of hydrogen-bond donors (Lipinski definition) is 5. The van der Waals surface area contributed by atoms with Crippen molar-refractivity contribution in [2.75, 3.05) is 26.2 Å². The second-order valence-corrected chi connectivity index (χ2v) is 4.32. The first kappa shape index (κ1) is 11.5. The van der Waals surface area contributed by atoms with Gasteiger partial charge in [-0.05, 0) is 0 Å². The molecular formula is C10H20N4O2+2. The van der Waals surface area contributed by atoms with Crippen LogP contribution in [0.3, 0.4) is 0 Å². The van der Waals surface area contributed by atoms with E-state index < -0.39 is 0 Å². The highest BCUT2D eigenvalue weighted by Crippen LogP contribution is 1.96. The van der Waals surface area contributed by atoms with Crippen molar-refractivity contribution in [2.24, 2.45) is 4.99 Å². The Morgan fingerprint density at radius 1 is 1.38 bits per heavy atom. The van der Waals surface area contributed by atoms with Crippen molar-refractivity contribution in [1.29, 1.82) is 0 Å². The van der Waals surface area contributed by atoms with Crippen LogP contribution >= 0.6 is 0 Å². The van der Waals surface area contributed by atoms with Crippen molar-refractivity contribution >= 4 is 11.7 Å². The van der Waals surface area contributed by atoms with Crippen molar-refractivity contribution in [2.45, 2.75) is 25.0 Å². The molecule has 2 aliphatic rings. The van der Waals surface area contributed by atoms with Gasteiger partial charge in [0.2, 0.25) is 0 Å². The molecule has 2 unspecified atom stereocenters. The van der Waals surface area contributed by atoms with Crippen molar-refractivity contribution in [3.63, 3.8) is 0 Å². The molecule has 6 nitrogen and oxygen atoms in total. The first-order valence-electron chi connectivity index (χ1n) is 5.80. The molecule has 2 aliphatic heterocycles. The number of nitrogens with two attached hydrogens (primary N) is 1. The third-order valence-electron chi connectivity index (χ3n) is 2.87. The number of quaternary nitrogens is 1. The average Bonchev–Trinajstić information content (AvgIpc) is 2.30. The van der Waals surface area contributed by atoms with Gasteiger partial charge in [-0.2, -0.15) is 4.99 Å². The van der Waals surface area contributed by atoms with E-state index in [0.717, 1.165) is 25.2 Å². The molecule has 0 saturated heterocycles. The second kappa shape index (κ2) is 5.38. The first-order valence-corrected chi connectivity index (χ1v) is 5.80. The predicted octanol–water partition coefficient (Wildman–Crippen LogP) is -4.45. The molecular weight excluding hydrogens is 208 g/mol. The Balaban J connectivity index is 1.75. The van der Waals surface area contributed by atoms with Crippen molar-refractivity contribution < 1.29 is 20.5 Å². The molecule has 0 aromatic heterocycles. The number of aliphatic hydroxyl groups is 2. The quantitative estimate of drug-likeness (QED) is 0.337. The summed E-state index contributed by atoms with van der Waals surface area (Å²) in [7, 11) is 0. The van der Waals surface area contributed by atoms with Crippen LogP contribution in [0, 0.1) is 0 Å². The van der Waals surface area contributed by atoms with E-state index in [1.807, 2.05) is 5.32 Å². The molecule has 0 saturated carbocycles. The van der Waals surface area contributed by atoms with E-state index in [-0.39, 0.29) is 12.2 Å². The van der Waals surface area contributed by atoms with Gasteiger partial charge in [-0.15, -0.1) is 0 Å². The molecule has 6 N–H and O–H groups in total. The van der Waals surface area contributed by atoms with Gasteiger partial charge in [0.1, 0.15) is 6.54 Å². The summed E-state index contributed by atoms with van der Waals surface area (Å²) >= 11 is 0. The van der Waals surface area contributed by atoms with E-state index in [2.05, 4.69) is 15.3 Å². The Bertz CT molecular complexity index is 273. The highest BCUT2D eigenvalue weighted by Gasteiger charge is 2.22. The zero-order chi connectivity index (χ0) is 11.4. The topological polar surface area (TPSA) is 95.4 Å². The van der Waals surface area contributed by atoms with Gasteiger partial charge in [-0.1, -0.05) is 0 Å². The van der Waals surface area contributed by atoms with Crippen LogP contribution in [-0.4, -0.2) is 60.3 Å². The molecule has 16 heavy (non-hydrogen) atoms. The van der Waals surface area contributed by atoms with Crippen LogP contribution in [0.15, 0.2) is 4.99 Å². The van der Waals surface area contributed by atoms with Gasteiger partial charge in [-0.25, -0.2) is 0 Å². The van der Waals surface area contributed by atoms with Crippen LogP contribution in [0.25, 0.3) is 0 Å². The molecule has 0 fully saturated rings. The maximum Gasteiger partial charge on any atom is 0.333 e. The van der Waals surface area contributed by atoms with Crippen molar-refractivity contribution in [3.8, 4) is 0 Å². The Morgan fingerprint density at radius 2 is 2.25 bits per heavy atom. The lowest BCUT2D eigenvalue weighted by atomic mass is 10.2. The van der Waals surface area contributed by atoms with E-state index in [4.69, 9.17) is 0 Å². The highest BCUT2D eigenvalue weighted by atomic mass is 16.3. The van der Waals surface area contributed by atoms with Crippen LogP contribution in [-0.2, 0) is 0 Å². The van der Waals surface area contributed by atoms with Gasteiger partial charge >= 0.3 is 5.84 Å². The Labute approximate surface area is 94.5 Å². The Hall–Kier alpha value is -0.980. The fourth-order valence-corrected chi connectivity index (χ4v) is 1.87.